The average molecular weight is 559 g/mol. The Bertz CT molecular complexity index is 1120. The lowest BCUT2D eigenvalue weighted by molar-refractivity contribution is 0.0239. The fraction of sp³-hybridized carbons (Fsp3) is 0.273. The van der Waals surface area contributed by atoms with Crippen molar-refractivity contribution >= 4 is 56.6 Å². The van der Waals surface area contributed by atoms with Crippen molar-refractivity contribution < 1.29 is 13.5 Å². The minimum absolute atomic E-state index is 0.360. The molecule has 164 valence electrons. The van der Waals surface area contributed by atoms with Crippen molar-refractivity contribution in [3.63, 3.8) is 0 Å². The highest BCUT2D eigenvalue weighted by Gasteiger charge is 2.22. The predicted molar refractivity (Wildman–Crippen MR) is 130 cm³/mol. The van der Waals surface area contributed by atoms with Gasteiger partial charge in [-0.2, -0.15) is 0 Å². The van der Waals surface area contributed by atoms with Crippen LogP contribution in [0.2, 0.25) is 5.02 Å². The maximum atomic E-state index is 13.1. The zero-order chi connectivity index (χ0) is 22.8. The zero-order valence-corrected chi connectivity index (χ0v) is 20.2. The summed E-state index contributed by atoms with van der Waals surface area (Å²) >= 11 is 8.64. The quantitative estimate of drug-likeness (QED) is 0.311. The normalized spacial score (nSPS) is 12.5. The summed E-state index contributed by atoms with van der Waals surface area (Å²) in [5, 5.41) is 7.13. The zero-order valence-electron chi connectivity index (χ0n) is 17.3. The van der Waals surface area contributed by atoms with Crippen molar-refractivity contribution in [1.82, 2.24) is 15.3 Å². The summed E-state index contributed by atoms with van der Waals surface area (Å²) in [5.41, 5.74) is 2.71. The van der Waals surface area contributed by atoms with Crippen molar-refractivity contribution in [2.75, 3.05) is 11.9 Å². The second-order valence-corrected chi connectivity index (χ2v) is 8.99. The summed E-state index contributed by atoms with van der Waals surface area (Å²) in [6, 6.07) is 9.41. The molecule has 0 spiro atoms. The van der Waals surface area contributed by atoms with Gasteiger partial charge in [0.2, 0.25) is 0 Å². The molecule has 0 aliphatic carbocycles. The largest absolute Gasteiger partial charge is 0.482 e. The molecule has 0 saturated carbocycles. The number of ether oxygens (including phenoxy) is 1. The van der Waals surface area contributed by atoms with E-state index in [1.54, 1.807) is 6.92 Å². The molecule has 1 aromatic heterocycles. The molecule has 0 amide bonds. The molecule has 3 aromatic rings. The Labute approximate surface area is 198 Å². The van der Waals surface area contributed by atoms with Crippen LogP contribution in [0.3, 0.4) is 0 Å². The van der Waals surface area contributed by atoms with E-state index in [-0.39, 0.29) is 0 Å². The summed E-state index contributed by atoms with van der Waals surface area (Å²) in [6.45, 7) is 7.84. The number of aromatic nitrogens is 2. The summed E-state index contributed by atoms with van der Waals surface area (Å²) in [4.78, 5) is 8.65. The minimum Gasteiger partial charge on any atom is -0.482 e. The van der Waals surface area contributed by atoms with Gasteiger partial charge in [-0.25, -0.2) is 18.7 Å². The molecule has 0 aliphatic heterocycles. The topological polar surface area (TPSA) is 59.1 Å². The van der Waals surface area contributed by atoms with Crippen LogP contribution in [0.4, 0.5) is 20.3 Å². The second-order valence-electron chi connectivity index (χ2n) is 7.34. The van der Waals surface area contributed by atoms with Gasteiger partial charge in [0.15, 0.2) is 0 Å². The number of halogens is 4. The van der Waals surface area contributed by atoms with Crippen molar-refractivity contribution in [2.24, 2.45) is 0 Å². The lowest BCUT2D eigenvalue weighted by atomic mass is 10.2. The Morgan fingerprint density at radius 2 is 2.03 bits per heavy atom. The van der Waals surface area contributed by atoms with Crippen LogP contribution in [0, 0.1) is 10.5 Å². The van der Waals surface area contributed by atoms with Crippen LogP contribution in [0.5, 0.6) is 5.75 Å². The first-order chi connectivity index (χ1) is 14.5. The van der Waals surface area contributed by atoms with E-state index in [0.29, 0.717) is 33.4 Å². The predicted octanol–water partition coefficient (Wildman–Crippen LogP) is 6.47. The lowest BCUT2D eigenvalue weighted by Crippen LogP contribution is -2.34. The first-order valence-electron chi connectivity index (χ1n) is 9.48. The van der Waals surface area contributed by atoms with Gasteiger partial charge in [-0.15, -0.1) is 0 Å². The Balaban J connectivity index is 1.88. The molecule has 0 aliphatic rings. The molecule has 0 fully saturated rings. The summed E-state index contributed by atoms with van der Waals surface area (Å²) in [5.74, 6) is -1.77. The number of aryl methyl sites for hydroxylation is 1. The Morgan fingerprint density at radius 1 is 1.29 bits per heavy atom. The van der Waals surface area contributed by atoms with Gasteiger partial charge in [0.05, 0.1) is 28.2 Å². The number of hydrogen-bond acceptors (Lipinski definition) is 5. The van der Waals surface area contributed by atoms with Crippen LogP contribution in [0.25, 0.3) is 10.9 Å². The fourth-order valence-electron chi connectivity index (χ4n) is 2.84. The van der Waals surface area contributed by atoms with Crippen molar-refractivity contribution in [3.05, 3.63) is 63.1 Å². The maximum absolute atomic E-state index is 13.1. The molecule has 2 aromatic carbocycles. The highest BCUT2D eigenvalue weighted by Crippen LogP contribution is 2.35. The highest BCUT2D eigenvalue weighted by atomic mass is 127. The summed E-state index contributed by atoms with van der Waals surface area (Å²) < 4.78 is 33.3. The molecule has 5 nitrogen and oxygen atoms in total. The second kappa shape index (κ2) is 9.52. The number of fused-ring (bicyclic) bond motifs is 1. The van der Waals surface area contributed by atoms with E-state index >= 15 is 0 Å². The Kier molecular flexibility index (Phi) is 7.20. The van der Waals surface area contributed by atoms with Gasteiger partial charge >= 0.3 is 0 Å². The third kappa shape index (κ3) is 6.16. The SMILES string of the molecule is C=C(NCC(C)(F)F)[C@@H](C)Oc1cc(C)ccc1Nc1ncnc2cc(I)cc(Cl)c12. The molecular weight excluding hydrogens is 537 g/mol. The smallest absolute Gasteiger partial charge is 0.262 e. The number of rotatable bonds is 8. The molecule has 0 saturated heterocycles. The molecule has 9 heteroatoms. The van der Waals surface area contributed by atoms with Gasteiger partial charge in [0.1, 0.15) is 24.0 Å². The van der Waals surface area contributed by atoms with Crippen LogP contribution in [0.1, 0.15) is 19.4 Å². The first kappa shape index (κ1) is 23.5. The van der Waals surface area contributed by atoms with Crippen molar-refractivity contribution in [1.29, 1.82) is 0 Å². The van der Waals surface area contributed by atoms with Gasteiger partial charge < -0.3 is 15.4 Å². The number of alkyl halides is 2. The van der Waals surface area contributed by atoms with E-state index in [1.807, 2.05) is 37.3 Å². The van der Waals surface area contributed by atoms with Crippen LogP contribution >= 0.6 is 34.2 Å². The van der Waals surface area contributed by atoms with Gasteiger partial charge in [0.25, 0.3) is 5.92 Å². The molecule has 1 heterocycles. The minimum atomic E-state index is -2.84. The van der Waals surface area contributed by atoms with E-state index < -0.39 is 18.6 Å². The van der Waals surface area contributed by atoms with E-state index in [4.69, 9.17) is 16.3 Å². The molecule has 31 heavy (non-hydrogen) atoms. The monoisotopic (exact) mass is 558 g/mol. The molecule has 0 bridgehead atoms. The van der Waals surface area contributed by atoms with Gasteiger partial charge in [-0.1, -0.05) is 24.2 Å². The maximum Gasteiger partial charge on any atom is 0.262 e. The van der Waals surface area contributed by atoms with Crippen molar-refractivity contribution in [3.8, 4) is 5.75 Å². The summed E-state index contributed by atoms with van der Waals surface area (Å²) in [6.07, 6.45) is 0.919. The number of nitrogens with one attached hydrogen (secondary N) is 2. The van der Waals surface area contributed by atoms with Crippen LogP contribution in [-0.2, 0) is 0 Å². The summed E-state index contributed by atoms with van der Waals surface area (Å²) in [7, 11) is 0. The molecule has 0 radical (unpaired) electrons. The van der Waals surface area contributed by atoms with Crippen molar-refractivity contribution in [2.45, 2.75) is 32.8 Å². The number of nitrogens with zero attached hydrogens (tertiary/aromatic N) is 2. The third-order valence-corrected chi connectivity index (χ3v) is 5.39. The van der Waals surface area contributed by atoms with Crippen LogP contribution in [0.15, 0.2) is 48.9 Å². The first-order valence-corrected chi connectivity index (χ1v) is 10.9. The van der Waals surface area contributed by atoms with Crippen LogP contribution in [-0.4, -0.2) is 28.5 Å². The van der Waals surface area contributed by atoms with Crippen LogP contribution < -0.4 is 15.4 Å². The molecule has 3 rings (SSSR count). The highest BCUT2D eigenvalue weighted by molar-refractivity contribution is 14.1. The number of anilines is 2. The Hall–Kier alpha value is -2.20. The van der Waals surface area contributed by atoms with E-state index in [9.17, 15) is 8.78 Å². The number of benzene rings is 2. The van der Waals surface area contributed by atoms with E-state index in [1.165, 1.54) is 6.33 Å². The number of hydrogen-bond donors (Lipinski definition) is 2. The molecular formula is C22H22ClF2IN4O. The standard InChI is InChI=1S/C22H22ClF2IN4O/c1-12-5-6-17(19(7-12)31-14(3)13(2)27-10-22(4,24)25)30-21-20-16(23)8-15(26)9-18(20)28-11-29-21/h5-9,11,14,27H,2,10H2,1,3-4H3,(H,28,29,30)/t14-/m1/s1. The molecule has 2 N–H and O–H groups in total. The average Bonchev–Trinajstić information content (AvgIpc) is 2.67. The fourth-order valence-corrected chi connectivity index (χ4v) is 3.93. The van der Waals surface area contributed by atoms with Gasteiger partial charge in [-0.05, 0) is 66.3 Å². The molecule has 0 unspecified atom stereocenters. The Morgan fingerprint density at radius 3 is 2.74 bits per heavy atom. The lowest BCUT2D eigenvalue weighted by Gasteiger charge is -2.22. The molecule has 1 atom stereocenters. The third-order valence-electron chi connectivity index (χ3n) is 4.47. The van der Waals surface area contributed by atoms with Gasteiger partial charge in [-0.3, -0.25) is 0 Å². The van der Waals surface area contributed by atoms with Gasteiger partial charge in [0, 0.05) is 16.2 Å². The van der Waals surface area contributed by atoms with E-state index in [2.05, 4.69) is 49.8 Å². The van der Waals surface area contributed by atoms with E-state index in [0.717, 1.165) is 21.6 Å².